The summed E-state index contributed by atoms with van der Waals surface area (Å²) in [7, 11) is 0. The second-order valence-electron chi connectivity index (χ2n) is 3.89. The van der Waals surface area contributed by atoms with Crippen LogP contribution in [0.4, 0.5) is 0 Å². The van der Waals surface area contributed by atoms with E-state index < -0.39 is 5.41 Å². The number of nitriles is 2. The van der Waals surface area contributed by atoms with Gasteiger partial charge in [0.05, 0.1) is 17.6 Å². The minimum Gasteiger partial charge on any atom is -0.197 e. The van der Waals surface area contributed by atoms with Crippen LogP contribution in [-0.4, -0.2) is 0 Å². The molecule has 0 saturated heterocycles. The monoisotopic (exact) mass is 176 g/mol. The smallest absolute Gasteiger partial charge is 0.0909 e. The Balaban J connectivity index is 4.77. The van der Waals surface area contributed by atoms with E-state index in [2.05, 4.69) is 19.9 Å². The fourth-order valence-electron chi connectivity index (χ4n) is 1.19. The molecule has 0 amide bonds. The highest BCUT2D eigenvalue weighted by Gasteiger charge is 2.30. The van der Waals surface area contributed by atoms with Gasteiger partial charge in [-0.05, 0) is 18.8 Å². The minimum atomic E-state index is -0.524. The lowest BCUT2D eigenvalue weighted by atomic mass is 9.73. The maximum Gasteiger partial charge on any atom is 0.0909 e. The van der Waals surface area contributed by atoms with Gasteiger partial charge < -0.3 is 0 Å². The van der Waals surface area contributed by atoms with Crippen molar-refractivity contribution in [1.29, 1.82) is 10.5 Å². The van der Waals surface area contributed by atoms with E-state index in [1.807, 2.05) is 19.9 Å². The van der Waals surface area contributed by atoms with Gasteiger partial charge in [0, 0.05) is 6.08 Å². The van der Waals surface area contributed by atoms with E-state index in [4.69, 9.17) is 10.5 Å². The molecule has 2 nitrogen and oxygen atoms in total. The van der Waals surface area contributed by atoms with Crippen molar-refractivity contribution >= 4 is 0 Å². The van der Waals surface area contributed by atoms with E-state index in [0.717, 1.165) is 0 Å². The first-order valence-electron chi connectivity index (χ1n) is 4.46. The molecular formula is C11H16N2. The lowest BCUT2D eigenvalue weighted by molar-refractivity contribution is 0.275. The third-order valence-corrected chi connectivity index (χ3v) is 2.69. The van der Waals surface area contributed by atoms with Gasteiger partial charge in [-0.25, -0.2) is 0 Å². The predicted octanol–water partition coefficient (Wildman–Crippen LogP) is 2.89. The van der Waals surface area contributed by atoms with Crippen molar-refractivity contribution in [1.82, 2.24) is 0 Å². The first-order valence-corrected chi connectivity index (χ1v) is 4.46. The van der Waals surface area contributed by atoms with Gasteiger partial charge in [-0.15, -0.1) is 0 Å². The Morgan fingerprint density at radius 3 is 2.08 bits per heavy atom. The summed E-state index contributed by atoms with van der Waals surface area (Å²) in [6, 6.07) is 4.18. The predicted molar refractivity (Wildman–Crippen MR) is 52.5 cm³/mol. The van der Waals surface area contributed by atoms with Crippen LogP contribution < -0.4 is 0 Å². The zero-order valence-corrected chi connectivity index (χ0v) is 8.70. The van der Waals surface area contributed by atoms with Crippen LogP contribution >= 0.6 is 0 Å². The van der Waals surface area contributed by atoms with Gasteiger partial charge in [0.25, 0.3) is 0 Å². The zero-order valence-electron chi connectivity index (χ0n) is 8.70. The summed E-state index contributed by atoms with van der Waals surface area (Å²) in [5.41, 5.74) is -0.524. The van der Waals surface area contributed by atoms with E-state index in [1.54, 1.807) is 6.08 Å². The fourth-order valence-corrected chi connectivity index (χ4v) is 1.19. The summed E-state index contributed by atoms with van der Waals surface area (Å²) >= 11 is 0. The van der Waals surface area contributed by atoms with Gasteiger partial charge >= 0.3 is 0 Å². The summed E-state index contributed by atoms with van der Waals surface area (Å²) in [5.74, 6) is 0.690. The molecule has 2 atom stereocenters. The third kappa shape index (κ3) is 2.92. The van der Waals surface area contributed by atoms with Gasteiger partial charge in [0.15, 0.2) is 0 Å². The Kier molecular flexibility index (Phi) is 4.21. The molecule has 0 N–H and O–H groups in total. The average Bonchev–Trinajstić information content (AvgIpc) is 2.12. The largest absolute Gasteiger partial charge is 0.197 e. The second kappa shape index (κ2) is 4.67. The number of hydrogen-bond acceptors (Lipinski definition) is 2. The normalized spacial score (nSPS) is 17.8. The molecule has 0 bridgehead atoms. The molecule has 2 heteroatoms. The van der Waals surface area contributed by atoms with Crippen LogP contribution in [-0.2, 0) is 0 Å². The highest BCUT2D eigenvalue weighted by molar-refractivity contribution is 5.17. The van der Waals surface area contributed by atoms with E-state index in [-0.39, 0.29) is 5.92 Å². The van der Waals surface area contributed by atoms with Gasteiger partial charge in [-0.1, -0.05) is 26.8 Å². The summed E-state index contributed by atoms with van der Waals surface area (Å²) in [5, 5.41) is 17.4. The molecule has 0 heterocycles. The molecule has 0 saturated carbocycles. The molecule has 70 valence electrons. The molecule has 0 aromatic carbocycles. The van der Waals surface area contributed by atoms with Crippen molar-refractivity contribution in [3.8, 4) is 12.1 Å². The summed E-state index contributed by atoms with van der Waals surface area (Å²) in [6.07, 6.45) is 3.08. The number of nitrogens with zero attached hydrogens (tertiary/aromatic N) is 2. The standard InChI is InChI=1S/C11H16N2/c1-9(2)10(3)11(4,8-13)6-5-7-12/h5-6,9-10H,1-4H3/b6-5+/t10-,11+/m0/s1. The zero-order chi connectivity index (χ0) is 10.5. The Hall–Kier alpha value is -1.28. The van der Waals surface area contributed by atoms with Crippen molar-refractivity contribution in [3.63, 3.8) is 0 Å². The van der Waals surface area contributed by atoms with Crippen molar-refractivity contribution in [3.05, 3.63) is 12.2 Å². The number of hydrogen-bond donors (Lipinski definition) is 0. The van der Waals surface area contributed by atoms with E-state index in [9.17, 15) is 0 Å². The molecule has 0 radical (unpaired) electrons. The Morgan fingerprint density at radius 2 is 1.77 bits per heavy atom. The summed E-state index contributed by atoms with van der Waals surface area (Å²) in [6.45, 7) is 8.07. The minimum absolute atomic E-state index is 0.252. The van der Waals surface area contributed by atoms with Crippen LogP contribution in [0.15, 0.2) is 12.2 Å². The van der Waals surface area contributed by atoms with Gasteiger partial charge in [-0.2, -0.15) is 10.5 Å². The van der Waals surface area contributed by atoms with Crippen LogP contribution in [0.1, 0.15) is 27.7 Å². The van der Waals surface area contributed by atoms with Crippen molar-refractivity contribution < 1.29 is 0 Å². The quantitative estimate of drug-likeness (QED) is 0.621. The molecule has 0 aliphatic carbocycles. The van der Waals surface area contributed by atoms with E-state index in [1.165, 1.54) is 6.08 Å². The topological polar surface area (TPSA) is 47.6 Å². The molecule has 0 aliphatic rings. The van der Waals surface area contributed by atoms with Crippen molar-refractivity contribution in [2.24, 2.45) is 17.3 Å². The molecule has 0 aromatic heterocycles. The number of rotatable bonds is 3. The molecule has 0 spiro atoms. The first-order chi connectivity index (χ1) is 5.98. The van der Waals surface area contributed by atoms with Crippen LogP contribution in [0.2, 0.25) is 0 Å². The Morgan fingerprint density at radius 1 is 1.23 bits per heavy atom. The highest BCUT2D eigenvalue weighted by atomic mass is 14.4. The van der Waals surface area contributed by atoms with Crippen LogP contribution in [0, 0.1) is 39.9 Å². The average molecular weight is 176 g/mol. The maximum atomic E-state index is 9.02. The lowest BCUT2D eigenvalue weighted by Gasteiger charge is -2.28. The Bertz CT molecular complexity index is 265. The van der Waals surface area contributed by atoms with Gasteiger partial charge in [-0.3, -0.25) is 0 Å². The summed E-state index contributed by atoms with van der Waals surface area (Å²) in [4.78, 5) is 0. The van der Waals surface area contributed by atoms with Gasteiger partial charge in [0.2, 0.25) is 0 Å². The number of allylic oxidation sites excluding steroid dienone is 2. The van der Waals surface area contributed by atoms with E-state index >= 15 is 0 Å². The first kappa shape index (κ1) is 11.7. The fraction of sp³-hybridized carbons (Fsp3) is 0.636. The van der Waals surface area contributed by atoms with Crippen molar-refractivity contribution in [2.45, 2.75) is 27.7 Å². The Labute approximate surface area is 80.5 Å². The van der Waals surface area contributed by atoms with E-state index in [0.29, 0.717) is 5.92 Å². The molecule has 0 fully saturated rings. The highest BCUT2D eigenvalue weighted by Crippen LogP contribution is 2.33. The van der Waals surface area contributed by atoms with Crippen LogP contribution in [0.3, 0.4) is 0 Å². The lowest BCUT2D eigenvalue weighted by Crippen LogP contribution is -2.25. The van der Waals surface area contributed by atoms with Crippen molar-refractivity contribution in [2.75, 3.05) is 0 Å². The second-order valence-corrected chi connectivity index (χ2v) is 3.89. The summed E-state index contributed by atoms with van der Waals surface area (Å²) < 4.78 is 0. The third-order valence-electron chi connectivity index (χ3n) is 2.69. The van der Waals surface area contributed by atoms with Crippen LogP contribution in [0.5, 0.6) is 0 Å². The van der Waals surface area contributed by atoms with Crippen LogP contribution in [0.25, 0.3) is 0 Å². The molecule has 0 rings (SSSR count). The van der Waals surface area contributed by atoms with Gasteiger partial charge in [0.1, 0.15) is 0 Å². The molecule has 0 aliphatic heterocycles. The molecule has 13 heavy (non-hydrogen) atoms. The maximum absolute atomic E-state index is 9.02. The SMILES string of the molecule is CC(C)[C@H](C)[C@@](C)(C#N)/C=C/C#N. The molecular weight excluding hydrogens is 160 g/mol. The molecule has 0 unspecified atom stereocenters. The molecule has 0 aromatic rings.